The average Bonchev–Trinajstić information content (AvgIpc) is 2.88. The molecule has 1 aromatic carbocycles. The lowest BCUT2D eigenvalue weighted by atomic mass is 9.83. The molecule has 0 unspecified atom stereocenters. The minimum Gasteiger partial charge on any atom is -0.492 e. The van der Waals surface area contributed by atoms with Gasteiger partial charge in [-0.25, -0.2) is 0 Å². The van der Waals surface area contributed by atoms with E-state index in [0.717, 1.165) is 23.0 Å². The number of para-hydroxylation sites is 1. The van der Waals surface area contributed by atoms with Crippen LogP contribution in [0.25, 0.3) is 0 Å². The first-order valence-corrected chi connectivity index (χ1v) is 8.88. The number of nitro groups is 1. The molecule has 1 aromatic rings. The van der Waals surface area contributed by atoms with Crippen molar-refractivity contribution >= 4 is 11.5 Å². The molecule has 3 rings (SSSR count). The number of carbonyl (C=O) groups excluding carboxylic acids is 1. The third-order valence-corrected chi connectivity index (χ3v) is 5.04. The van der Waals surface area contributed by atoms with E-state index in [4.69, 9.17) is 4.74 Å². The molecule has 146 valence electrons. The van der Waals surface area contributed by atoms with Gasteiger partial charge in [-0.3, -0.25) is 14.9 Å². The Morgan fingerprint density at radius 3 is 2.61 bits per heavy atom. The second-order valence-electron chi connectivity index (χ2n) is 7.06. The molecule has 0 atom stereocenters. The molecule has 0 saturated heterocycles. The number of methoxy groups -OCH3 is 1. The van der Waals surface area contributed by atoms with Gasteiger partial charge in [-0.15, -0.1) is 0 Å². The lowest BCUT2D eigenvalue weighted by molar-refractivity contribution is -0.419. The molecule has 0 radical (unpaired) electrons. The summed E-state index contributed by atoms with van der Waals surface area (Å²) in [6.07, 6.45) is 5.73. The molecule has 1 aliphatic heterocycles. The van der Waals surface area contributed by atoms with Crippen molar-refractivity contribution < 1.29 is 19.6 Å². The monoisotopic (exact) mass is 382 g/mol. The van der Waals surface area contributed by atoms with E-state index in [9.17, 15) is 20.0 Å². The molecule has 0 fully saturated rings. The van der Waals surface area contributed by atoms with Crippen LogP contribution in [0.4, 0.5) is 5.69 Å². The van der Waals surface area contributed by atoms with Crippen molar-refractivity contribution in [2.75, 3.05) is 25.2 Å². The van der Waals surface area contributed by atoms with E-state index in [1.54, 1.807) is 12.2 Å². The van der Waals surface area contributed by atoms with E-state index in [2.05, 4.69) is 13.8 Å². The van der Waals surface area contributed by atoms with Crippen LogP contribution in [-0.2, 0) is 14.9 Å². The Balaban J connectivity index is 2.08. The Morgan fingerprint density at radius 2 is 1.96 bits per heavy atom. The highest BCUT2D eigenvalue weighted by molar-refractivity contribution is 6.10. The summed E-state index contributed by atoms with van der Waals surface area (Å²) in [5.74, 6) is -0.480. The van der Waals surface area contributed by atoms with Gasteiger partial charge in [0.2, 0.25) is 5.78 Å². The fourth-order valence-corrected chi connectivity index (χ4v) is 3.64. The Morgan fingerprint density at radius 1 is 1.25 bits per heavy atom. The zero-order valence-corrected chi connectivity index (χ0v) is 16.0. The third-order valence-electron chi connectivity index (χ3n) is 5.04. The smallest absolute Gasteiger partial charge is 0.274 e. The van der Waals surface area contributed by atoms with Gasteiger partial charge in [-0.1, -0.05) is 32.0 Å². The molecule has 1 N–H and O–H groups in total. The number of benzene rings is 1. The van der Waals surface area contributed by atoms with Crippen molar-refractivity contribution in [3.8, 4) is 0 Å². The number of β-amino-alcohol motifs (C(OH)–C–C–N with tert-alkyl or cyclic N) is 1. The molecular formula is C21H22N2O5. The first-order chi connectivity index (χ1) is 13.3. The summed E-state index contributed by atoms with van der Waals surface area (Å²) in [5.41, 5.74) is 2.63. The molecule has 0 amide bonds. The SMILES string of the molecule is COC1=CC([N+](=O)[O-])=C/C(=C/C=C2/N(CCO)c3ccccc3C2(C)C)C1=O. The quantitative estimate of drug-likeness (QED) is 0.478. The summed E-state index contributed by atoms with van der Waals surface area (Å²) in [6, 6.07) is 7.93. The number of aliphatic hydroxyl groups is 1. The predicted molar refractivity (Wildman–Crippen MR) is 105 cm³/mol. The number of hydrogen-bond acceptors (Lipinski definition) is 6. The van der Waals surface area contributed by atoms with Gasteiger partial charge >= 0.3 is 0 Å². The van der Waals surface area contributed by atoms with E-state index in [0.29, 0.717) is 6.54 Å². The molecule has 0 bridgehead atoms. The molecule has 28 heavy (non-hydrogen) atoms. The van der Waals surface area contributed by atoms with Gasteiger partial charge in [0, 0.05) is 35.0 Å². The molecule has 0 saturated carbocycles. The lowest BCUT2D eigenvalue weighted by Crippen LogP contribution is -2.28. The number of carbonyl (C=O) groups is 1. The largest absolute Gasteiger partial charge is 0.492 e. The van der Waals surface area contributed by atoms with Crippen molar-refractivity contribution in [1.82, 2.24) is 0 Å². The zero-order valence-electron chi connectivity index (χ0n) is 16.0. The highest BCUT2D eigenvalue weighted by atomic mass is 16.6. The number of rotatable bonds is 5. The minimum atomic E-state index is -0.556. The van der Waals surface area contributed by atoms with Gasteiger partial charge in [0.1, 0.15) is 0 Å². The van der Waals surface area contributed by atoms with Crippen LogP contribution >= 0.6 is 0 Å². The molecular weight excluding hydrogens is 360 g/mol. The number of ether oxygens (including phenoxy) is 1. The highest BCUT2D eigenvalue weighted by Gasteiger charge is 2.39. The zero-order chi connectivity index (χ0) is 20.5. The normalized spacial score (nSPS) is 20.9. The van der Waals surface area contributed by atoms with Crippen LogP contribution in [0.5, 0.6) is 0 Å². The number of aliphatic hydroxyl groups excluding tert-OH is 1. The summed E-state index contributed by atoms with van der Waals surface area (Å²) in [7, 11) is 1.31. The molecule has 0 spiro atoms. The van der Waals surface area contributed by atoms with Crippen LogP contribution in [0, 0.1) is 10.1 Å². The second kappa shape index (κ2) is 7.44. The van der Waals surface area contributed by atoms with Crippen LogP contribution < -0.4 is 4.90 Å². The Bertz CT molecular complexity index is 953. The molecule has 1 aliphatic carbocycles. The standard InChI is InChI=1S/C21H22N2O5/c1-21(2)16-6-4-5-7-17(16)22(10-11-24)19(21)9-8-14-12-15(23(26)27)13-18(28-3)20(14)25/h4-9,12-13,24H,10-11H2,1-3H3/b14-8-,19-9+. The van der Waals surface area contributed by atoms with Gasteiger partial charge in [0.05, 0.1) is 24.7 Å². The molecule has 2 aliphatic rings. The summed E-state index contributed by atoms with van der Waals surface area (Å²) in [6.45, 7) is 4.51. The number of allylic oxidation sites excluding steroid dienone is 6. The van der Waals surface area contributed by atoms with Gasteiger partial charge in [-0.05, 0) is 23.8 Å². The van der Waals surface area contributed by atoms with Gasteiger partial charge in [-0.2, -0.15) is 0 Å². The Hall–Kier alpha value is -3.19. The Kier molecular flexibility index (Phi) is 5.20. The Labute approximate surface area is 163 Å². The number of nitrogens with zero attached hydrogens (tertiary/aromatic N) is 2. The van der Waals surface area contributed by atoms with Crippen molar-refractivity contribution in [3.63, 3.8) is 0 Å². The summed E-state index contributed by atoms with van der Waals surface area (Å²) in [4.78, 5) is 25.1. The van der Waals surface area contributed by atoms with Crippen molar-refractivity contribution in [2.24, 2.45) is 0 Å². The fraction of sp³-hybridized carbons (Fsp3) is 0.286. The molecule has 7 heteroatoms. The molecule has 0 aromatic heterocycles. The van der Waals surface area contributed by atoms with Crippen molar-refractivity contribution in [3.05, 3.63) is 87.0 Å². The summed E-state index contributed by atoms with van der Waals surface area (Å²) in [5, 5.41) is 20.7. The molecule has 1 heterocycles. The maximum Gasteiger partial charge on any atom is 0.274 e. The number of Topliss-reactive ketones (excluding diaryl/α,β-unsaturated/α-hetero) is 1. The van der Waals surface area contributed by atoms with Crippen molar-refractivity contribution in [1.29, 1.82) is 0 Å². The topological polar surface area (TPSA) is 92.9 Å². The number of anilines is 1. The van der Waals surface area contributed by atoms with Gasteiger partial charge < -0.3 is 14.7 Å². The number of fused-ring (bicyclic) bond motifs is 1. The summed E-state index contributed by atoms with van der Waals surface area (Å²) < 4.78 is 5.00. The fourth-order valence-electron chi connectivity index (χ4n) is 3.64. The average molecular weight is 382 g/mol. The van der Waals surface area contributed by atoms with E-state index in [1.807, 2.05) is 29.2 Å². The lowest BCUT2D eigenvalue weighted by Gasteiger charge is -2.26. The van der Waals surface area contributed by atoms with E-state index in [1.165, 1.54) is 13.2 Å². The third kappa shape index (κ3) is 3.25. The maximum atomic E-state index is 12.5. The first kappa shape index (κ1) is 19.6. The van der Waals surface area contributed by atoms with Gasteiger partial charge in [0.15, 0.2) is 5.76 Å². The van der Waals surface area contributed by atoms with Crippen LogP contribution in [0.2, 0.25) is 0 Å². The van der Waals surface area contributed by atoms with E-state index >= 15 is 0 Å². The van der Waals surface area contributed by atoms with Crippen LogP contribution in [0.1, 0.15) is 19.4 Å². The van der Waals surface area contributed by atoms with Crippen LogP contribution in [0.15, 0.2) is 71.3 Å². The first-order valence-electron chi connectivity index (χ1n) is 8.88. The second-order valence-corrected chi connectivity index (χ2v) is 7.06. The predicted octanol–water partition coefficient (Wildman–Crippen LogP) is 2.86. The number of hydrogen-bond donors (Lipinski definition) is 1. The van der Waals surface area contributed by atoms with E-state index in [-0.39, 0.29) is 29.1 Å². The highest BCUT2D eigenvalue weighted by Crippen LogP contribution is 2.47. The number of ketones is 1. The van der Waals surface area contributed by atoms with Gasteiger partial charge in [0.25, 0.3) is 5.70 Å². The van der Waals surface area contributed by atoms with Crippen LogP contribution in [0.3, 0.4) is 0 Å². The van der Waals surface area contributed by atoms with Crippen LogP contribution in [-0.4, -0.2) is 36.1 Å². The maximum absolute atomic E-state index is 12.5. The minimum absolute atomic E-state index is 0.0286. The van der Waals surface area contributed by atoms with E-state index < -0.39 is 10.7 Å². The summed E-state index contributed by atoms with van der Waals surface area (Å²) >= 11 is 0. The molecule has 7 nitrogen and oxygen atoms in total. The van der Waals surface area contributed by atoms with Crippen molar-refractivity contribution in [2.45, 2.75) is 19.3 Å².